The van der Waals surface area contributed by atoms with Gasteiger partial charge in [-0.3, -0.25) is 0 Å². The summed E-state index contributed by atoms with van der Waals surface area (Å²) in [6.07, 6.45) is 0. The molecular weight excluding hydrogens is 769 g/mol. The molecule has 0 N–H and O–H groups in total. The van der Waals surface area contributed by atoms with E-state index in [9.17, 15) is 0 Å². The minimum atomic E-state index is -2.94. The number of fused-ring (bicyclic) bond motifs is 9. The normalized spacial score (nSPS) is 14.5. The van der Waals surface area contributed by atoms with E-state index >= 15 is 0 Å². The van der Waals surface area contributed by atoms with Gasteiger partial charge in [0, 0.05) is 16.3 Å². The van der Waals surface area contributed by atoms with Crippen molar-refractivity contribution in [3.8, 4) is 22.3 Å². The maximum Gasteiger partial charge on any atom is 0.180 e. The molecule has 282 valence electrons. The molecule has 1 nitrogen and oxygen atoms in total. The van der Waals surface area contributed by atoms with E-state index in [4.69, 9.17) is 4.42 Å². The van der Waals surface area contributed by atoms with Gasteiger partial charge in [0.1, 0.15) is 11.2 Å². The van der Waals surface area contributed by atoms with Crippen LogP contribution in [0.2, 0.25) is 0 Å². The molecule has 0 fully saturated rings. The molecule has 11 aromatic carbocycles. The third-order valence-electron chi connectivity index (χ3n) is 14.3. The van der Waals surface area contributed by atoms with Gasteiger partial charge in [0.25, 0.3) is 0 Å². The summed E-state index contributed by atoms with van der Waals surface area (Å²) in [4.78, 5) is 0. The second kappa shape index (κ2) is 12.1. The topological polar surface area (TPSA) is 13.1 Å². The van der Waals surface area contributed by atoms with E-state index in [2.05, 4.69) is 218 Å². The fraction of sp³-hybridized carbons (Fsp3) is 0. The Kier molecular flexibility index (Phi) is 6.67. The lowest BCUT2D eigenvalue weighted by Crippen LogP contribution is -2.76. The average Bonchev–Trinajstić information content (AvgIpc) is 3.73. The summed E-state index contributed by atoms with van der Waals surface area (Å²) in [5, 5.41) is 21.8. The summed E-state index contributed by atoms with van der Waals surface area (Å²) in [5.41, 5.74) is 7.10. The summed E-state index contributed by atoms with van der Waals surface area (Å²) >= 11 is 0. The van der Waals surface area contributed by atoms with Crippen molar-refractivity contribution in [2.75, 3.05) is 0 Å². The molecule has 0 spiro atoms. The number of hydrogen-bond donors (Lipinski definition) is 0. The Morgan fingerprint density at radius 3 is 1.39 bits per heavy atom. The van der Waals surface area contributed by atoms with Crippen LogP contribution in [0.4, 0.5) is 0 Å². The van der Waals surface area contributed by atoms with Gasteiger partial charge < -0.3 is 4.42 Å². The van der Waals surface area contributed by atoms with E-state index in [0.29, 0.717) is 0 Å². The third kappa shape index (κ3) is 4.06. The SMILES string of the molecule is c1ccc([Si]2(c3ccccc3)c3ccccc3-c3ccc4cc5c6c(c7oc8ccccc8c7c7cc2c3c4c67)-c2ccccc2[Si]5(c2ccccc2)c2ccccc2)cc1. The second-order valence-electron chi connectivity index (χ2n) is 17.0. The van der Waals surface area contributed by atoms with Gasteiger partial charge in [-0.1, -0.05) is 212 Å². The zero-order valence-corrected chi connectivity index (χ0v) is 35.2. The van der Waals surface area contributed by atoms with Crippen molar-refractivity contribution in [3.05, 3.63) is 218 Å². The first-order chi connectivity index (χ1) is 30.3. The number of rotatable bonds is 4. The molecule has 12 aromatic rings. The van der Waals surface area contributed by atoms with Gasteiger partial charge in [-0.2, -0.15) is 0 Å². The molecule has 0 aliphatic carbocycles. The molecule has 3 heterocycles. The Labute approximate surface area is 355 Å². The fourth-order valence-electron chi connectivity index (χ4n) is 12.2. The smallest absolute Gasteiger partial charge is 0.180 e. The first-order valence-electron chi connectivity index (χ1n) is 21.3. The Balaban J connectivity index is 1.30. The first kappa shape index (κ1) is 33.5. The minimum Gasteiger partial charge on any atom is -0.455 e. The Hall–Kier alpha value is -7.31. The van der Waals surface area contributed by atoms with Crippen LogP contribution in [0.25, 0.3) is 76.5 Å². The highest BCUT2D eigenvalue weighted by molar-refractivity contribution is 7.23. The summed E-state index contributed by atoms with van der Waals surface area (Å²) < 4.78 is 7.26. The largest absolute Gasteiger partial charge is 0.455 e. The van der Waals surface area contributed by atoms with Gasteiger partial charge in [-0.15, -0.1) is 0 Å². The Morgan fingerprint density at radius 1 is 0.295 bits per heavy atom. The molecule has 0 amide bonds. The van der Waals surface area contributed by atoms with Crippen LogP contribution in [0.15, 0.2) is 223 Å². The minimum absolute atomic E-state index is 0.928. The van der Waals surface area contributed by atoms with E-state index in [1.807, 2.05) is 0 Å². The van der Waals surface area contributed by atoms with Crippen LogP contribution in [-0.4, -0.2) is 16.1 Å². The quantitative estimate of drug-likeness (QED) is 0.128. The Morgan fingerprint density at radius 2 is 0.787 bits per heavy atom. The molecule has 0 unspecified atom stereocenters. The first-order valence-corrected chi connectivity index (χ1v) is 25.3. The highest BCUT2D eigenvalue weighted by atomic mass is 28.3. The molecule has 14 rings (SSSR count). The molecule has 2 aliphatic heterocycles. The summed E-state index contributed by atoms with van der Waals surface area (Å²) in [6.45, 7) is 0. The molecular formula is C58H36OSi2. The molecule has 1 aromatic heterocycles. The van der Waals surface area contributed by atoms with Crippen molar-refractivity contribution in [3.63, 3.8) is 0 Å². The number of benzene rings is 11. The zero-order chi connectivity index (χ0) is 39.9. The van der Waals surface area contributed by atoms with Crippen molar-refractivity contribution in [1.29, 1.82) is 0 Å². The van der Waals surface area contributed by atoms with Crippen LogP contribution in [0.1, 0.15) is 0 Å². The molecule has 0 saturated heterocycles. The molecule has 0 radical (unpaired) electrons. The summed E-state index contributed by atoms with van der Waals surface area (Å²) in [6, 6.07) is 83.3. The predicted octanol–water partition coefficient (Wildman–Crippen LogP) is 9.20. The summed E-state index contributed by atoms with van der Waals surface area (Å²) in [5.74, 6) is 0. The average molecular weight is 805 g/mol. The van der Waals surface area contributed by atoms with Crippen molar-refractivity contribution in [1.82, 2.24) is 0 Å². The van der Waals surface area contributed by atoms with E-state index in [1.54, 1.807) is 0 Å². The van der Waals surface area contributed by atoms with Gasteiger partial charge in [0.15, 0.2) is 16.1 Å². The molecule has 61 heavy (non-hydrogen) atoms. The Bertz CT molecular complexity index is 3660. The number of para-hydroxylation sites is 1. The van der Waals surface area contributed by atoms with Gasteiger partial charge in [-0.25, -0.2) is 0 Å². The van der Waals surface area contributed by atoms with Crippen LogP contribution in [0, 0.1) is 0 Å². The molecule has 0 bridgehead atoms. The lowest BCUT2D eigenvalue weighted by atomic mass is 9.84. The fourth-order valence-corrected chi connectivity index (χ4v) is 22.6. The van der Waals surface area contributed by atoms with E-state index in [1.165, 1.54) is 107 Å². The summed E-state index contributed by atoms with van der Waals surface area (Å²) in [7, 11) is -5.87. The van der Waals surface area contributed by atoms with E-state index < -0.39 is 16.1 Å². The van der Waals surface area contributed by atoms with Gasteiger partial charge in [-0.05, 0) is 96.6 Å². The van der Waals surface area contributed by atoms with E-state index in [0.717, 1.165) is 11.2 Å². The predicted molar refractivity (Wildman–Crippen MR) is 263 cm³/mol. The molecule has 0 saturated carbocycles. The molecule has 2 aliphatic rings. The molecule has 0 atom stereocenters. The van der Waals surface area contributed by atoms with E-state index in [-0.39, 0.29) is 0 Å². The highest BCUT2D eigenvalue weighted by Crippen LogP contribution is 2.50. The maximum absolute atomic E-state index is 7.26. The van der Waals surface area contributed by atoms with Gasteiger partial charge >= 0.3 is 0 Å². The van der Waals surface area contributed by atoms with Crippen LogP contribution in [0.5, 0.6) is 0 Å². The number of furan rings is 1. The molecule has 3 heteroatoms. The van der Waals surface area contributed by atoms with Crippen molar-refractivity contribution in [2.45, 2.75) is 0 Å². The van der Waals surface area contributed by atoms with Crippen molar-refractivity contribution in [2.24, 2.45) is 0 Å². The lowest BCUT2D eigenvalue weighted by Gasteiger charge is -2.42. The maximum atomic E-state index is 7.26. The van der Waals surface area contributed by atoms with Crippen LogP contribution < -0.4 is 41.5 Å². The van der Waals surface area contributed by atoms with Crippen molar-refractivity contribution >= 4 is 112 Å². The van der Waals surface area contributed by atoms with Gasteiger partial charge in [0.2, 0.25) is 0 Å². The van der Waals surface area contributed by atoms with Gasteiger partial charge in [0.05, 0.1) is 0 Å². The van der Waals surface area contributed by atoms with Crippen LogP contribution >= 0.6 is 0 Å². The highest BCUT2D eigenvalue weighted by Gasteiger charge is 2.51. The van der Waals surface area contributed by atoms with Crippen LogP contribution in [-0.2, 0) is 0 Å². The number of hydrogen-bond acceptors (Lipinski definition) is 1. The third-order valence-corrected chi connectivity index (χ3v) is 24.0. The standard InChI is InChI=1S/C58H36OSi2/c1-5-19-38(20-6-1)60(39-21-7-2-8-22-39)48-31-17-14-27-42(48)43-34-33-37-35-50-57-55-46(36-51(60)54(43)52(37)55)53-44-28-13-16-30-47(44)59-58(53)56(57)45-29-15-18-32-49(45)61(50,40-23-9-3-10-24-40)41-25-11-4-12-26-41/h1-36H. The zero-order valence-electron chi connectivity index (χ0n) is 33.2. The van der Waals surface area contributed by atoms with Crippen molar-refractivity contribution < 1.29 is 4.42 Å². The monoisotopic (exact) mass is 804 g/mol. The second-order valence-corrected chi connectivity index (χ2v) is 24.4. The van der Waals surface area contributed by atoms with Crippen LogP contribution in [0.3, 0.4) is 0 Å². The lowest BCUT2D eigenvalue weighted by molar-refractivity contribution is 0.670.